The van der Waals surface area contributed by atoms with Gasteiger partial charge in [0.15, 0.2) is 5.11 Å². The molecule has 2 aliphatic rings. The highest BCUT2D eigenvalue weighted by Crippen LogP contribution is 2.20. The van der Waals surface area contributed by atoms with E-state index in [0.717, 1.165) is 50.0 Å². The summed E-state index contributed by atoms with van der Waals surface area (Å²) in [5, 5.41) is 7.25. The first-order valence-electron chi connectivity index (χ1n) is 9.84. The average molecular weight is 423 g/mol. The highest BCUT2D eigenvalue weighted by atomic mass is 35.5. The van der Waals surface area contributed by atoms with E-state index in [1.807, 2.05) is 24.0 Å². The van der Waals surface area contributed by atoms with Gasteiger partial charge in [-0.1, -0.05) is 17.7 Å². The molecule has 8 heteroatoms. The highest BCUT2D eigenvalue weighted by Gasteiger charge is 2.30. The molecule has 6 nitrogen and oxygen atoms in total. The molecule has 1 aromatic carbocycles. The Labute approximate surface area is 176 Å². The fourth-order valence-corrected chi connectivity index (χ4v) is 4.06. The molecule has 1 atom stereocenters. The summed E-state index contributed by atoms with van der Waals surface area (Å²) in [5.41, 5.74) is 1.76. The second kappa shape index (κ2) is 9.56. The molecular weight excluding hydrogens is 396 g/mol. The molecule has 0 aliphatic carbocycles. The van der Waals surface area contributed by atoms with Crippen LogP contribution in [0.4, 0.5) is 5.69 Å². The minimum atomic E-state index is -0.421. The smallest absolute Gasteiger partial charge is 0.245 e. The molecule has 2 aliphatic heterocycles. The number of likely N-dealkylation sites (tertiary alicyclic amines) is 2. The molecule has 2 heterocycles. The number of nitrogens with one attached hydrogen (secondary N) is 2. The summed E-state index contributed by atoms with van der Waals surface area (Å²) in [7, 11) is 0. The Hall–Kier alpha value is -1.86. The van der Waals surface area contributed by atoms with Crippen LogP contribution >= 0.6 is 23.8 Å². The number of carbonyl (C=O) groups is 2. The molecule has 1 aromatic rings. The number of nitrogens with zero attached hydrogens (tertiary/aromatic N) is 2. The van der Waals surface area contributed by atoms with Crippen molar-refractivity contribution >= 4 is 46.4 Å². The molecule has 2 N–H and O–H groups in total. The highest BCUT2D eigenvalue weighted by molar-refractivity contribution is 7.80. The van der Waals surface area contributed by atoms with Gasteiger partial charge in [-0.15, -0.1) is 0 Å². The van der Waals surface area contributed by atoms with Crippen LogP contribution in [0.1, 0.15) is 37.7 Å². The third-order valence-corrected chi connectivity index (χ3v) is 5.93. The van der Waals surface area contributed by atoms with E-state index < -0.39 is 6.04 Å². The fourth-order valence-electron chi connectivity index (χ4n) is 3.62. The molecule has 0 unspecified atom stereocenters. The second-order valence-corrected chi connectivity index (χ2v) is 8.27. The van der Waals surface area contributed by atoms with Gasteiger partial charge >= 0.3 is 0 Å². The van der Waals surface area contributed by atoms with E-state index in [1.165, 1.54) is 0 Å². The molecule has 2 fully saturated rings. The Bertz CT molecular complexity index is 752. The van der Waals surface area contributed by atoms with E-state index in [2.05, 4.69) is 10.6 Å². The van der Waals surface area contributed by atoms with Crippen LogP contribution in [0.15, 0.2) is 18.2 Å². The lowest BCUT2D eigenvalue weighted by atomic mass is 10.1. The van der Waals surface area contributed by atoms with Crippen LogP contribution in [-0.2, 0) is 9.59 Å². The van der Waals surface area contributed by atoms with Crippen LogP contribution in [0.3, 0.4) is 0 Å². The summed E-state index contributed by atoms with van der Waals surface area (Å²) in [5.74, 6) is -0.0161. The van der Waals surface area contributed by atoms with Gasteiger partial charge in [0.1, 0.15) is 6.04 Å². The van der Waals surface area contributed by atoms with Gasteiger partial charge < -0.3 is 20.4 Å². The summed E-state index contributed by atoms with van der Waals surface area (Å²) < 4.78 is 0. The summed E-state index contributed by atoms with van der Waals surface area (Å²) >= 11 is 11.5. The Morgan fingerprint density at radius 1 is 1.21 bits per heavy atom. The molecule has 0 spiro atoms. The number of amides is 2. The third-order valence-electron chi connectivity index (χ3n) is 5.30. The van der Waals surface area contributed by atoms with Gasteiger partial charge in [0, 0.05) is 30.3 Å². The van der Waals surface area contributed by atoms with Crippen molar-refractivity contribution in [1.82, 2.24) is 15.1 Å². The lowest BCUT2D eigenvalue weighted by Gasteiger charge is -2.27. The molecule has 152 valence electrons. The van der Waals surface area contributed by atoms with Crippen LogP contribution < -0.4 is 10.6 Å². The van der Waals surface area contributed by atoms with Crippen molar-refractivity contribution in [2.75, 3.05) is 31.5 Å². The first kappa shape index (κ1) is 20.9. The SMILES string of the molecule is Cc1ccc(NC(=S)N[C@H]2CCCCN(CC(=O)N3CCCC3)C2=O)cc1Cl. The first-order chi connectivity index (χ1) is 13.4. The number of hydrogen-bond donors (Lipinski definition) is 2. The van der Waals surface area contributed by atoms with Crippen LogP contribution in [-0.4, -0.2) is 58.9 Å². The van der Waals surface area contributed by atoms with Crippen molar-refractivity contribution in [1.29, 1.82) is 0 Å². The lowest BCUT2D eigenvalue weighted by Crippen LogP contribution is -2.51. The van der Waals surface area contributed by atoms with Crippen molar-refractivity contribution in [3.63, 3.8) is 0 Å². The number of thiocarbonyl (C=S) groups is 1. The topological polar surface area (TPSA) is 64.7 Å². The maximum absolute atomic E-state index is 13.0. The third kappa shape index (κ3) is 5.35. The summed E-state index contributed by atoms with van der Waals surface area (Å²) in [6.07, 6.45) is 4.60. The zero-order chi connectivity index (χ0) is 20.1. The van der Waals surface area contributed by atoms with Crippen molar-refractivity contribution in [2.24, 2.45) is 0 Å². The van der Waals surface area contributed by atoms with E-state index >= 15 is 0 Å². The Balaban J connectivity index is 1.58. The maximum Gasteiger partial charge on any atom is 0.245 e. The Morgan fingerprint density at radius 3 is 2.64 bits per heavy atom. The number of rotatable bonds is 4. The monoisotopic (exact) mass is 422 g/mol. The van der Waals surface area contributed by atoms with Gasteiger partial charge in [0.25, 0.3) is 0 Å². The standard InChI is InChI=1S/C20H27ClN4O2S/c1-14-7-8-15(12-16(14)21)22-20(28)23-17-6-2-3-11-25(19(17)27)13-18(26)24-9-4-5-10-24/h7-8,12,17H,2-6,9-11,13H2,1H3,(H2,22,23,28)/t17-/m0/s1. The van der Waals surface area contributed by atoms with E-state index in [-0.39, 0.29) is 18.4 Å². The van der Waals surface area contributed by atoms with Crippen molar-refractivity contribution < 1.29 is 9.59 Å². The maximum atomic E-state index is 13.0. The van der Waals surface area contributed by atoms with Gasteiger partial charge in [0.2, 0.25) is 11.8 Å². The van der Waals surface area contributed by atoms with Gasteiger partial charge in [-0.3, -0.25) is 9.59 Å². The van der Waals surface area contributed by atoms with Crippen molar-refractivity contribution in [2.45, 2.75) is 45.1 Å². The Kier molecular flexibility index (Phi) is 7.13. The summed E-state index contributed by atoms with van der Waals surface area (Å²) in [6, 6.07) is 5.19. The van der Waals surface area contributed by atoms with E-state index in [0.29, 0.717) is 23.1 Å². The van der Waals surface area contributed by atoms with Gasteiger partial charge in [-0.2, -0.15) is 0 Å². The summed E-state index contributed by atoms with van der Waals surface area (Å²) in [4.78, 5) is 29.0. The lowest BCUT2D eigenvalue weighted by molar-refractivity contribution is -0.140. The quantitative estimate of drug-likeness (QED) is 0.730. The van der Waals surface area contributed by atoms with E-state index in [1.54, 1.807) is 11.0 Å². The number of halogens is 1. The van der Waals surface area contributed by atoms with Crippen LogP contribution in [0, 0.1) is 6.92 Å². The van der Waals surface area contributed by atoms with Crippen LogP contribution in [0.25, 0.3) is 0 Å². The molecular formula is C20H27ClN4O2S. The van der Waals surface area contributed by atoms with Gasteiger partial charge in [-0.05, 0) is 68.9 Å². The van der Waals surface area contributed by atoms with E-state index in [4.69, 9.17) is 23.8 Å². The average Bonchev–Trinajstić information content (AvgIpc) is 3.15. The molecule has 28 heavy (non-hydrogen) atoms. The number of aryl methyl sites for hydroxylation is 1. The van der Waals surface area contributed by atoms with Crippen molar-refractivity contribution in [3.05, 3.63) is 28.8 Å². The van der Waals surface area contributed by atoms with Crippen LogP contribution in [0.5, 0.6) is 0 Å². The number of anilines is 1. The fraction of sp³-hybridized carbons (Fsp3) is 0.550. The second-order valence-electron chi connectivity index (χ2n) is 7.46. The number of carbonyl (C=O) groups excluding carboxylic acids is 2. The number of benzene rings is 1. The summed E-state index contributed by atoms with van der Waals surface area (Å²) in [6.45, 7) is 4.31. The minimum absolute atomic E-state index is 0.0431. The molecule has 0 bridgehead atoms. The van der Waals surface area contributed by atoms with Gasteiger partial charge in [0.05, 0.1) is 6.54 Å². The van der Waals surface area contributed by atoms with Crippen molar-refractivity contribution in [3.8, 4) is 0 Å². The molecule has 3 rings (SSSR count). The molecule has 2 saturated heterocycles. The van der Waals surface area contributed by atoms with Crippen LogP contribution in [0.2, 0.25) is 5.02 Å². The zero-order valence-corrected chi connectivity index (χ0v) is 17.7. The largest absolute Gasteiger partial charge is 0.351 e. The molecule has 0 saturated carbocycles. The number of hydrogen-bond acceptors (Lipinski definition) is 3. The van der Waals surface area contributed by atoms with Gasteiger partial charge in [-0.25, -0.2) is 0 Å². The zero-order valence-electron chi connectivity index (χ0n) is 16.2. The first-order valence-corrected chi connectivity index (χ1v) is 10.6. The molecule has 0 aromatic heterocycles. The molecule has 0 radical (unpaired) electrons. The Morgan fingerprint density at radius 2 is 1.93 bits per heavy atom. The predicted octanol–water partition coefficient (Wildman–Crippen LogP) is 2.94. The normalized spacial score (nSPS) is 20.1. The molecule has 2 amide bonds. The predicted molar refractivity (Wildman–Crippen MR) is 116 cm³/mol. The minimum Gasteiger partial charge on any atom is -0.351 e. The van der Waals surface area contributed by atoms with E-state index in [9.17, 15) is 9.59 Å².